The first kappa shape index (κ1) is 31.9. The zero-order valence-electron chi connectivity index (χ0n) is 21.6. The van der Waals surface area contributed by atoms with Gasteiger partial charge < -0.3 is 0 Å². The molecule has 0 aromatic heterocycles. The molecule has 1 N–H and O–H groups in total. The fraction of sp³-hybridized carbons (Fsp3) is 1.00. The van der Waals surface area contributed by atoms with E-state index in [1.54, 1.807) is 0 Å². The molecule has 0 aliphatic heterocycles. The predicted octanol–water partition coefficient (Wildman–Crippen LogP) is 9.43. The minimum atomic E-state index is -4.33. The Bertz CT molecular complexity index is 464. The standard InChI is InChI=1S/C27H56O4S/c1-3-5-7-9-11-13-14-15-17-19-21-23-25-27(26-31-32(28,29)30)24-22-20-18-16-12-10-8-6-4-2/h27H,3-26H2,1-2H3,(H,28,29,30). The van der Waals surface area contributed by atoms with E-state index in [1.807, 2.05) is 0 Å². The van der Waals surface area contributed by atoms with Crippen LogP contribution in [0.1, 0.15) is 162 Å². The number of hydrogen-bond acceptors (Lipinski definition) is 3. The Morgan fingerprint density at radius 2 is 0.812 bits per heavy atom. The van der Waals surface area contributed by atoms with Crippen LogP contribution in [0, 0.1) is 5.92 Å². The van der Waals surface area contributed by atoms with Gasteiger partial charge in [-0.2, -0.15) is 8.42 Å². The molecule has 0 heterocycles. The lowest BCUT2D eigenvalue weighted by Gasteiger charge is -2.16. The van der Waals surface area contributed by atoms with E-state index in [4.69, 9.17) is 8.74 Å². The van der Waals surface area contributed by atoms with Crippen molar-refractivity contribution in [3.63, 3.8) is 0 Å². The smallest absolute Gasteiger partial charge is 0.264 e. The largest absolute Gasteiger partial charge is 0.397 e. The Kier molecular flexibility index (Phi) is 23.9. The summed E-state index contributed by atoms with van der Waals surface area (Å²) in [4.78, 5) is 0. The van der Waals surface area contributed by atoms with E-state index in [-0.39, 0.29) is 12.5 Å². The summed E-state index contributed by atoms with van der Waals surface area (Å²) in [7, 11) is -4.33. The molecule has 0 saturated carbocycles. The van der Waals surface area contributed by atoms with Gasteiger partial charge in [-0.15, -0.1) is 0 Å². The average molecular weight is 477 g/mol. The summed E-state index contributed by atoms with van der Waals surface area (Å²) in [6.45, 7) is 4.65. The molecule has 0 radical (unpaired) electrons. The number of unbranched alkanes of at least 4 members (excludes halogenated alkanes) is 19. The van der Waals surface area contributed by atoms with Gasteiger partial charge >= 0.3 is 10.4 Å². The number of rotatable bonds is 26. The first-order chi connectivity index (χ1) is 15.5. The van der Waals surface area contributed by atoms with Crippen molar-refractivity contribution in [2.45, 2.75) is 162 Å². The van der Waals surface area contributed by atoms with Gasteiger partial charge in [0.05, 0.1) is 6.61 Å². The summed E-state index contributed by atoms with van der Waals surface area (Å²) in [5.41, 5.74) is 0. The second-order valence-corrected chi connectivity index (χ2v) is 11.0. The van der Waals surface area contributed by atoms with Crippen molar-refractivity contribution >= 4 is 10.4 Å². The van der Waals surface area contributed by atoms with Crippen molar-refractivity contribution in [3.8, 4) is 0 Å². The zero-order chi connectivity index (χ0) is 23.8. The highest BCUT2D eigenvalue weighted by atomic mass is 32.3. The van der Waals surface area contributed by atoms with Crippen LogP contribution in [0.25, 0.3) is 0 Å². The second-order valence-electron chi connectivity index (χ2n) is 9.87. The van der Waals surface area contributed by atoms with Crippen LogP contribution in [-0.2, 0) is 14.6 Å². The molecule has 194 valence electrons. The highest BCUT2D eigenvalue weighted by Gasteiger charge is 2.13. The maximum Gasteiger partial charge on any atom is 0.397 e. The predicted molar refractivity (Wildman–Crippen MR) is 139 cm³/mol. The molecular formula is C27H56O4S. The maximum absolute atomic E-state index is 11.0. The Labute approximate surface area is 201 Å². The molecule has 0 aliphatic rings. The zero-order valence-corrected chi connectivity index (χ0v) is 22.4. The Balaban J connectivity index is 3.75. The van der Waals surface area contributed by atoms with Crippen molar-refractivity contribution in [3.05, 3.63) is 0 Å². The van der Waals surface area contributed by atoms with E-state index in [2.05, 4.69) is 13.8 Å². The maximum atomic E-state index is 11.0. The van der Waals surface area contributed by atoms with Crippen LogP contribution in [0.5, 0.6) is 0 Å². The summed E-state index contributed by atoms with van der Waals surface area (Å²) < 4.78 is 35.6. The molecule has 4 nitrogen and oxygen atoms in total. The van der Waals surface area contributed by atoms with E-state index in [0.717, 1.165) is 25.7 Å². The summed E-state index contributed by atoms with van der Waals surface area (Å²) in [5.74, 6) is 0.240. The van der Waals surface area contributed by atoms with E-state index in [9.17, 15) is 8.42 Å². The van der Waals surface area contributed by atoms with Gasteiger partial charge in [0.25, 0.3) is 0 Å². The van der Waals surface area contributed by atoms with Crippen molar-refractivity contribution < 1.29 is 17.2 Å². The lowest BCUT2D eigenvalue weighted by molar-refractivity contribution is 0.204. The van der Waals surface area contributed by atoms with Gasteiger partial charge in [-0.05, 0) is 18.8 Å². The minimum Gasteiger partial charge on any atom is -0.264 e. The van der Waals surface area contributed by atoms with E-state index in [1.165, 1.54) is 122 Å². The first-order valence-electron chi connectivity index (χ1n) is 14.1. The molecule has 32 heavy (non-hydrogen) atoms. The first-order valence-corrected chi connectivity index (χ1v) is 15.5. The van der Waals surface area contributed by atoms with Crippen LogP contribution < -0.4 is 0 Å². The van der Waals surface area contributed by atoms with Crippen LogP contribution in [0.2, 0.25) is 0 Å². The van der Waals surface area contributed by atoms with Crippen molar-refractivity contribution in [2.75, 3.05) is 6.61 Å². The normalized spacial score (nSPS) is 13.0. The Hall–Kier alpha value is -0.130. The number of hydrogen-bond donors (Lipinski definition) is 1. The van der Waals surface area contributed by atoms with Crippen molar-refractivity contribution in [1.82, 2.24) is 0 Å². The average Bonchev–Trinajstić information content (AvgIpc) is 2.75. The third-order valence-corrected chi connectivity index (χ3v) is 7.07. The van der Waals surface area contributed by atoms with E-state index < -0.39 is 10.4 Å². The van der Waals surface area contributed by atoms with Crippen molar-refractivity contribution in [1.29, 1.82) is 0 Å². The van der Waals surface area contributed by atoms with Crippen LogP contribution in [-0.4, -0.2) is 19.6 Å². The summed E-state index contributed by atoms with van der Waals surface area (Å²) in [5, 5.41) is 0. The third kappa shape index (κ3) is 26.1. The lowest BCUT2D eigenvalue weighted by Crippen LogP contribution is -2.14. The highest BCUT2D eigenvalue weighted by Crippen LogP contribution is 2.21. The highest BCUT2D eigenvalue weighted by molar-refractivity contribution is 7.80. The molecule has 0 amide bonds. The molecular weight excluding hydrogens is 420 g/mol. The van der Waals surface area contributed by atoms with Gasteiger partial charge in [0.15, 0.2) is 0 Å². The SMILES string of the molecule is CCCCCCCCCCCCCCC(CCCCCCCCCCC)COS(=O)(=O)O. The van der Waals surface area contributed by atoms with Gasteiger partial charge in [-0.25, -0.2) is 4.18 Å². The molecule has 0 rings (SSSR count). The lowest BCUT2D eigenvalue weighted by atomic mass is 9.94. The third-order valence-electron chi connectivity index (χ3n) is 6.63. The minimum absolute atomic E-state index is 0.133. The molecule has 0 aromatic rings. The molecule has 1 unspecified atom stereocenters. The fourth-order valence-electron chi connectivity index (χ4n) is 4.51. The molecule has 0 fully saturated rings. The van der Waals surface area contributed by atoms with E-state index in [0.29, 0.717) is 0 Å². The topological polar surface area (TPSA) is 63.6 Å². The molecule has 1 atom stereocenters. The fourth-order valence-corrected chi connectivity index (χ4v) is 4.88. The monoisotopic (exact) mass is 476 g/mol. The van der Waals surface area contributed by atoms with Crippen molar-refractivity contribution in [2.24, 2.45) is 5.92 Å². The molecule has 0 aliphatic carbocycles. The van der Waals surface area contributed by atoms with Crippen LogP contribution >= 0.6 is 0 Å². The molecule has 5 heteroatoms. The van der Waals surface area contributed by atoms with Gasteiger partial charge in [-0.3, -0.25) is 4.55 Å². The second kappa shape index (κ2) is 24.0. The molecule has 0 bridgehead atoms. The summed E-state index contributed by atoms with van der Waals surface area (Å²) in [6, 6.07) is 0. The Morgan fingerprint density at radius 3 is 1.09 bits per heavy atom. The van der Waals surface area contributed by atoms with Gasteiger partial charge in [0.2, 0.25) is 0 Å². The van der Waals surface area contributed by atoms with Crippen LogP contribution in [0.3, 0.4) is 0 Å². The van der Waals surface area contributed by atoms with Gasteiger partial charge in [0, 0.05) is 0 Å². The van der Waals surface area contributed by atoms with E-state index >= 15 is 0 Å². The summed E-state index contributed by atoms with van der Waals surface area (Å²) in [6.07, 6.45) is 29.6. The Morgan fingerprint density at radius 1 is 0.531 bits per heavy atom. The molecule has 0 saturated heterocycles. The van der Waals surface area contributed by atoms with Crippen LogP contribution in [0.15, 0.2) is 0 Å². The quantitative estimate of drug-likeness (QED) is 0.0997. The molecule has 0 spiro atoms. The van der Waals surface area contributed by atoms with Crippen LogP contribution in [0.4, 0.5) is 0 Å². The molecule has 0 aromatic carbocycles. The van der Waals surface area contributed by atoms with Gasteiger partial charge in [-0.1, -0.05) is 149 Å². The van der Waals surface area contributed by atoms with Gasteiger partial charge in [0.1, 0.15) is 0 Å². The summed E-state index contributed by atoms with van der Waals surface area (Å²) >= 11 is 0.